The van der Waals surface area contributed by atoms with Gasteiger partial charge >= 0.3 is 0 Å². The molecular formula is C32H58O3S. The van der Waals surface area contributed by atoms with Gasteiger partial charge in [0.15, 0.2) is 0 Å². The average Bonchev–Trinajstić information content (AvgIpc) is 2.84. The summed E-state index contributed by atoms with van der Waals surface area (Å²) in [5.74, 6) is 0. The molecule has 0 aromatic heterocycles. The van der Waals surface area contributed by atoms with Crippen molar-refractivity contribution in [1.82, 2.24) is 0 Å². The van der Waals surface area contributed by atoms with Gasteiger partial charge in [-0.05, 0) is 54.9 Å². The molecule has 0 bridgehead atoms. The Kier molecular flexibility index (Phi) is 17.7. The highest BCUT2D eigenvalue weighted by Gasteiger charge is 2.32. The van der Waals surface area contributed by atoms with Gasteiger partial charge in [-0.25, -0.2) is 0 Å². The zero-order chi connectivity index (χ0) is 26.7. The van der Waals surface area contributed by atoms with Crippen molar-refractivity contribution in [2.24, 2.45) is 0 Å². The Morgan fingerprint density at radius 2 is 0.972 bits per heavy atom. The summed E-state index contributed by atoms with van der Waals surface area (Å²) >= 11 is 0. The van der Waals surface area contributed by atoms with Crippen molar-refractivity contribution in [2.75, 3.05) is 0 Å². The molecule has 0 radical (unpaired) electrons. The zero-order valence-electron chi connectivity index (χ0n) is 24.3. The molecule has 0 saturated heterocycles. The molecule has 1 rings (SSSR count). The van der Waals surface area contributed by atoms with E-state index in [9.17, 15) is 13.0 Å². The van der Waals surface area contributed by atoms with E-state index >= 15 is 0 Å². The van der Waals surface area contributed by atoms with E-state index in [0.29, 0.717) is 0 Å². The van der Waals surface area contributed by atoms with E-state index in [1.165, 1.54) is 140 Å². The van der Waals surface area contributed by atoms with E-state index < -0.39 is 10.1 Å². The molecule has 3 nitrogen and oxygen atoms in total. The van der Waals surface area contributed by atoms with Crippen LogP contribution in [-0.4, -0.2) is 13.0 Å². The van der Waals surface area contributed by atoms with Crippen molar-refractivity contribution in [3.63, 3.8) is 0 Å². The first kappa shape index (κ1) is 33.2. The highest BCUT2D eigenvalue weighted by atomic mass is 32.2. The molecule has 0 spiro atoms. The molecular weight excluding hydrogens is 464 g/mol. The smallest absolute Gasteiger partial charge is 0.282 e. The third-order valence-electron chi connectivity index (χ3n) is 8.09. The van der Waals surface area contributed by atoms with Crippen LogP contribution in [0.4, 0.5) is 0 Å². The minimum Gasteiger partial charge on any atom is -0.282 e. The maximum Gasteiger partial charge on any atom is 0.294 e. The maximum absolute atomic E-state index is 11.8. The lowest BCUT2D eigenvalue weighted by Gasteiger charge is -2.37. The van der Waals surface area contributed by atoms with Gasteiger partial charge in [0.1, 0.15) is 0 Å². The molecule has 0 unspecified atom stereocenters. The van der Waals surface area contributed by atoms with Gasteiger partial charge in [-0.15, -0.1) is 0 Å². The summed E-state index contributed by atoms with van der Waals surface area (Å²) < 4.78 is 33.2. The molecule has 0 heterocycles. The quantitative estimate of drug-likeness (QED) is 0.115. The van der Waals surface area contributed by atoms with E-state index in [-0.39, 0.29) is 10.3 Å². The molecule has 210 valence electrons. The highest BCUT2D eigenvalue weighted by molar-refractivity contribution is 7.85. The fraction of sp³-hybridized carbons (Fsp3) is 0.812. The van der Waals surface area contributed by atoms with Crippen LogP contribution in [-0.2, 0) is 15.5 Å². The molecule has 1 aromatic rings. The summed E-state index contributed by atoms with van der Waals surface area (Å²) in [6.07, 6.45) is 26.9. The lowest BCUT2D eigenvalue weighted by molar-refractivity contribution is 0.297. The topological polar surface area (TPSA) is 54.4 Å². The molecule has 1 aromatic carbocycles. The minimum atomic E-state index is -4.18. The van der Waals surface area contributed by atoms with Crippen LogP contribution in [0.25, 0.3) is 0 Å². The van der Waals surface area contributed by atoms with Crippen molar-refractivity contribution in [3.05, 3.63) is 29.3 Å². The Labute approximate surface area is 225 Å². The van der Waals surface area contributed by atoms with Gasteiger partial charge in [0.2, 0.25) is 0 Å². The number of rotatable bonds is 23. The van der Waals surface area contributed by atoms with E-state index in [4.69, 9.17) is 0 Å². The molecule has 0 saturated carbocycles. The maximum atomic E-state index is 11.8. The molecule has 4 heteroatoms. The Bertz CT molecular complexity index is 744. The van der Waals surface area contributed by atoms with E-state index in [0.717, 1.165) is 5.56 Å². The Hall–Kier alpha value is -0.870. The molecule has 0 amide bonds. The monoisotopic (exact) mass is 522 g/mol. The van der Waals surface area contributed by atoms with Gasteiger partial charge in [0.25, 0.3) is 10.1 Å². The van der Waals surface area contributed by atoms with E-state index in [1.807, 2.05) is 13.0 Å². The van der Waals surface area contributed by atoms with Crippen molar-refractivity contribution >= 4 is 10.1 Å². The minimum absolute atomic E-state index is 0.0244. The average molecular weight is 523 g/mol. The Morgan fingerprint density at radius 1 is 0.611 bits per heavy atom. The lowest BCUT2D eigenvalue weighted by Crippen LogP contribution is -2.28. The number of aryl methyl sites for hydroxylation is 1. The molecule has 1 N–H and O–H groups in total. The van der Waals surface area contributed by atoms with E-state index in [2.05, 4.69) is 20.8 Å². The van der Waals surface area contributed by atoms with Crippen LogP contribution < -0.4 is 0 Å². The third kappa shape index (κ3) is 13.1. The molecule has 0 atom stereocenters. The van der Waals surface area contributed by atoms with Gasteiger partial charge in [-0.3, -0.25) is 4.55 Å². The van der Waals surface area contributed by atoms with Gasteiger partial charge in [-0.1, -0.05) is 142 Å². The van der Waals surface area contributed by atoms with Gasteiger partial charge in [-0.2, -0.15) is 8.42 Å². The van der Waals surface area contributed by atoms with Gasteiger partial charge in [0, 0.05) is 0 Å². The van der Waals surface area contributed by atoms with Crippen LogP contribution >= 0.6 is 0 Å². The predicted molar refractivity (Wildman–Crippen MR) is 157 cm³/mol. The van der Waals surface area contributed by atoms with Crippen molar-refractivity contribution < 1.29 is 13.0 Å². The van der Waals surface area contributed by atoms with Crippen LogP contribution in [0, 0.1) is 6.92 Å². The van der Waals surface area contributed by atoms with Crippen LogP contribution in [0.1, 0.15) is 167 Å². The fourth-order valence-electron chi connectivity index (χ4n) is 5.90. The number of hydrogen-bond acceptors (Lipinski definition) is 2. The SMILES string of the molecule is CCCCCCCCC(CCCCCCCC)(CCCCCCCC)c1ccc(S(=O)(=O)O)cc1C. The standard InChI is InChI=1S/C32H58O3S/c1-5-8-11-14-17-20-25-32(26-21-18-15-12-9-6-2,27-22-19-16-13-10-7-3)31-24-23-30(28-29(31)4)36(33,34)35/h23-24,28H,5-22,25-27H2,1-4H3,(H,33,34,35). The first-order valence-corrected chi connectivity index (χ1v) is 16.8. The van der Waals surface area contributed by atoms with Crippen molar-refractivity contribution in [1.29, 1.82) is 0 Å². The molecule has 0 aliphatic carbocycles. The summed E-state index contributed by atoms with van der Waals surface area (Å²) in [7, 11) is -4.18. The highest BCUT2D eigenvalue weighted by Crippen LogP contribution is 2.42. The summed E-state index contributed by atoms with van der Waals surface area (Å²) in [6, 6.07) is 5.36. The summed E-state index contributed by atoms with van der Waals surface area (Å²) in [6.45, 7) is 8.85. The van der Waals surface area contributed by atoms with Gasteiger partial charge in [0.05, 0.1) is 4.90 Å². The number of unbranched alkanes of at least 4 members (excludes halogenated alkanes) is 15. The second kappa shape index (κ2) is 19.2. The zero-order valence-corrected chi connectivity index (χ0v) is 25.1. The summed E-state index contributed by atoms with van der Waals surface area (Å²) in [5.41, 5.74) is 2.46. The van der Waals surface area contributed by atoms with Gasteiger partial charge < -0.3 is 0 Å². The Morgan fingerprint density at radius 3 is 1.31 bits per heavy atom. The molecule has 0 fully saturated rings. The first-order chi connectivity index (χ1) is 17.3. The predicted octanol–water partition coefficient (Wildman–Crippen LogP) is 10.7. The van der Waals surface area contributed by atoms with Crippen LogP contribution in [0.5, 0.6) is 0 Å². The van der Waals surface area contributed by atoms with Crippen molar-refractivity contribution in [3.8, 4) is 0 Å². The second-order valence-corrected chi connectivity index (χ2v) is 12.7. The summed E-state index contributed by atoms with van der Waals surface area (Å²) in [5, 5.41) is 0. The number of benzene rings is 1. The third-order valence-corrected chi connectivity index (χ3v) is 8.94. The van der Waals surface area contributed by atoms with Crippen molar-refractivity contribution in [2.45, 2.75) is 173 Å². The first-order valence-electron chi connectivity index (χ1n) is 15.4. The molecule has 0 aliphatic rings. The van der Waals surface area contributed by atoms with Crippen LogP contribution in [0.2, 0.25) is 0 Å². The fourth-order valence-corrected chi connectivity index (χ4v) is 6.47. The summed E-state index contributed by atoms with van der Waals surface area (Å²) in [4.78, 5) is 0.0244. The molecule has 0 aliphatic heterocycles. The van der Waals surface area contributed by atoms with Crippen LogP contribution in [0.15, 0.2) is 23.1 Å². The second-order valence-electron chi connectivity index (χ2n) is 11.3. The van der Waals surface area contributed by atoms with Crippen LogP contribution in [0.3, 0.4) is 0 Å². The molecule has 36 heavy (non-hydrogen) atoms. The largest absolute Gasteiger partial charge is 0.294 e. The van der Waals surface area contributed by atoms with E-state index in [1.54, 1.807) is 12.1 Å². The number of hydrogen-bond donors (Lipinski definition) is 1. The Balaban J connectivity index is 3.10. The lowest BCUT2D eigenvalue weighted by atomic mass is 9.68. The normalized spacial score (nSPS) is 12.4.